The van der Waals surface area contributed by atoms with Crippen LogP contribution < -0.4 is 0 Å². The predicted molar refractivity (Wildman–Crippen MR) is 247 cm³/mol. The van der Waals surface area contributed by atoms with Crippen LogP contribution in [0.4, 0.5) is 0 Å². The third-order valence-electron chi connectivity index (χ3n) is 9.77. The molecule has 0 N–H and O–H groups in total. The Morgan fingerprint density at radius 3 is 1.28 bits per heavy atom. The van der Waals surface area contributed by atoms with Gasteiger partial charge in [0.2, 0.25) is 0 Å². The van der Waals surface area contributed by atoms with Gasteiger partial charge in [0, 0.05) is 19.3 Å². The molecule has 0 bridgehead atoms. The minimum atomic E-state index is -0.816. The third kappa shape index (κ3) is 43.7. The minimum Gasteiger partial charge on any atom is -0.462 e. The average Bonchev–Trinajstić information content (AvgIpc) is 3.22. The lowest BCUT2D eigenvalue weighted by molar-refractivity contribution is -0.167. The van der Waals surface area contributed by atoms with Crippen LogP contribution in [-0.2, 0) is 28.6 Å². The van der Waals surface area contributed by atoms with Crippen molar-refractivity contribution in [2.45, 2.75) is 213 Å². The summed E-state index contributed by atoms with van der Waals surface area (Å²) in [7, 11) is 0. The Labute approximate surface area is 356 Å². The first-order chi connectivity index (χ1) is 28.5. The van der Waals surface area contributed by atoms with Gasteiger partial charge in [0.1, 0.15) is 13.2 Å². The Hall–Kier alpha value is -3.41. The summed E-state index contributed by atoms with van der Waals surface area (Å²) in [6, 6.07) is 0. The number of hydrogen-bond acceptors (Lipinski definition) is 6. The van der Waals surface area contributed by atoms with Gasteiger partial charge in [-0.05, 0) is 57.8 Å². The predicted octanol–water partition coefficient (Wildman–Crippen LogP) is 15.3. The zero-order chi connectivity index (χ0) is 42.3. The van der Waals surface area contributed by atoms with Crippen molar-refractivity contribution in [1.82, 2.24) is 0 Å². The first-order valence-corrected chi connectivity index (χ1v) is 23.7. The standard InChI is InChI=1S/C52H86O6/c1-4-7-10-13-16-19-22-25-26-28-30-33-36-39-42-45-51(54)57-48-49(47-56-50(53)44-41-38-35-32-29-24-21-18-15-12-9-6-3)58-52(55)46-43-40-37-34-31-27-23-20-17-14-11-8-5-2/h8-9,11-12,14,17-18,20-21,23,27,31,34,37,49H,4-7,10,13,15-16,19,22,24-26,28-30,32-33,35-36,38-48H2,1-3H3/b11-8-,12-9-,17-14-,21-18-,23-20-,31-27-,37-34-. The van der Waals surface area contributed by atoms with Gasteiger partial charge < -0.3 is 14.2 Å². The fraction of sp³-hybridized carbons (Fsp3) is 0.673. The topological polar surface area (TPSA) is 78.9 Å². The number of ether oxygens (including phenoxy) is 3. The van der Waals surface area contributed by atoms with Crippen molar-refractivity contribution in [3.63, 3.8) is 0 Å². The van der Waals surface area contributed by atoms with Crippen LogP contribution in [0, 0.1) is 0 Å². The molecular weight excluding hydrogens is 721 g/mol. The lowest BCUT2D eigenvalue weighted by Crippen LogP contribution is -2.30. The van der Waals surface area contributed by atoms with E-state index >= 15 is 0 Å². The molecule has 0 aliphatic rings. The van der Waals surface area contributed by atoms with E-state index in [1.54, 1.807) is 0 Å². The maximum atomic E-state index is 12.7. The Kier molecular flexibility index (Phi) is 43.6. The second-order valence-electron chi connectivity index (χ2n) is 15.4. The molecular formula is C52H86O6. The van der Waals surface area contributed by atoms with Crippen LogP contribution in [0.5, 0.6) is 0 Å². The van der Waals surface area contributed by atoms with Gasteiger partial charge in [-0.25, -0.2) is 0 Å². The summed E-state index contributed by atoms with van der Waals surface area (Å²) < 4.78 is 16.7. The van der Waals surface area contributed by atoms with Gasteiger partial charge in [-0.1, -0.05) is 215 Å². The van der Waals surface area contributed by atoms with Crippen LogP contribution in [0.3, 0.4) is 0 Å². The van der Waals surface area contributed by atoms with E-state index in [1.165, 1.54) is 77.0 Å². The van der Waals surface area contributed by atoms with Crippen LogP contribution in [0.1, 0.15) is 207 Å². The van der Waals surface area contributed by atoms with E-state index in [0.29, 0.717) is 19.3 Å². The largest absolute Gasteiger partial charge is 0.462 e. The Morgan fingerprint density at radius 2 is 0.776 bits per heavy atom. The highest BCUT2D eigenvalue weighted by Crippen LogP contribution is 2.15. The van der Waals surface area contributed by atoms with Crippen LogP contribution in [-0.4, -0.2) is 37.2 Å². The van der Waals surface area contributed by atoms with Crippen molar-refractivity contribution in [2.24, 2.45) is 0 Å². The van der Waals surface area contributed by atoms with E-state index in [0.717, 1.165) is 83.5 Å². The summed E-state index contributed by atoms with van der Waals surface area (Å²) in [5.74, 6) is -1.00. The molecule has 0 spiro atoms. The van der Waals surface area contributed by atoms with Crippen LogP contribution in [0.15, 0.2) is 85.1 Å². The van der Waals surface area contributed by atoms with Gasteiger partial charge in [0.05, 0.1) is 0 Å². The van der Waals surface area contributed by atoms with Gasteiger partial charge >= 0.3 is 17.9 Å². The average molecular weight is 807 g/mol. The van der Waals surface area contributed by atoms with E-state index < -0.39 is 6.10 Å². The normalized spacial score (nSPS) is 12.8. The van der Waals surface area contributed by atoms with Crippen LogP contribution in [0.2, 0.25) is 0 Å². The quantitative estimate of drug-likeness (QED) is 0.0201. The minimum absolute atomic E-state index is 0.109. The van der Waals surface area contributed by atoms with E-state index in [9.17, 15) is 14.4 Å². The third-order valence-corrected chi connectivity index (χ3v) is 9.77. The van der Waals surface area contributed by atoms with E-state index in [4.69, 9.17) is 14.2 Å². The molecule has 6 heteroatoms. The molecule has 0 heterocycles. The number of rotatable bonds is 41. The fourth-order valence-corrected chi connectivity index (χ4v) is 6.27. The number of hydrogen-bond donors (Lipinski definition) is 0. The molecule has 0 aliphatic carbocycles. The maximum Gasteiger partial charge on any atom is 0.306 e. The van der Waals surface area contributed by atoms with Gasteiger partial charge in [-0.3, -0.25) is 14.4 Å². The summed E-state index contributed by atoms with van der Waals surface area (Å²) >= 11 is 0. The molecule has 58 heavy (non-hydrogen) atoms. The molecule has 1 unspecified atom stereocenters. The number of allylic oxidation sites excluding steroid dienone is 14. The van der Waals surface area contributed by atoms with Crippen molar-refractivity contribution in [3.05, 3.63) is 85.1 Å². The molecule has 0 saturated carbocycles. The lowest BCUT2D eigenvalue weighted by atomic mass is 10.0. The van der Waals surface area contributed by atoms with Gasteiger partial charge in [-0.2, -0.15) is 0 Å². The lowest BCUT2D eigenvalue weighted by Gasteiger charge is -2.18. The molecule has 1 atom stereocenters. The van der Waals surface area contributed by atoms with Crippen molar-refractivity contribution >= 4 is 17.9 Å². The summed E-state index contributed by atoms with van der Waals surface area (Å²) in [5.41, 5.74) is 0. The Morgan fingerprint density at radius 1 is 0.379 bits per heavy atom. The number of carbonyl (C=O) groups excluding carboxylic acids is 3. The molecule has 0 rings (SSSR count). The van der Waals surface area contributed by atoms with Crippen molar-refractivity contribution in [1.29, 1.82) is 0 Å². The number of carbonyl (C=O) groups is 3. The highest BCUT2D eigenvalue weighted by atomic mass is 16.6. The summed E-state index contributed by atoms with van der Waals surface area (Å²) in [6.07, 6.45) is 58.6. The molecule has 0 amide bonds. The van der Waals surface area contributed by atoms with Crippen molar-refractivity contribution in [2.75, 3.05) is 13.2 Å². The smallest absolute Gasteiger partial charge is 0.306 e. The highest BCUT2D eigenvalue weighted by Gasteiger charge is 2.19. The zero-order valence-electron chi connectivity index (χ0n) is 37.5. The second-order valence-corrected chi connectivity index (χ2v) is 15.4. The SMILES string of the molecule is CC\C=C/C=C\C=C/C=C\C=C/CCCC(=O)OC(COC(=O)CCCCCCC/C=C\C/C=C\CC)COC(=O)CCCCCCCCCCCCCCCCC. The molecule has 0 aromatic rings. The fourth-order valence-electron chi connectivity index (χ4n) is 6.27. The molecule has 0 saturated heterocycles. The van der Waals surface area contributed by atoms with Gasteiger partial charge in [0.15, 0.2) is 6.10 Å². The van der Waals surface area contributed by atoms with Gasteiger partial charge in [0.25, 0.3) is 0 Å². The summed E-state index contributed by atoms with van der Waals surface area (Å²) in [4.78, 5) is 37.8. The summed E-state index contributed by atoms with van der Waals surface area (Å²) in [6.45, 7) is 6.30. The Balaban J connectivity index is 4.49. The number of unbranched alkanes of at least 4 members (excludes halogenated alkanes) is 20. The molecule has 0 aromatic carbocycles. The van der Waals surface area contributed by atoms with E-state index in [1.807, 2.05) is 54.7 Å². The Bertz CT molecular complexity index is 1160. The van der Waals surface area contributed by atoms with E-state index in [-0.39, 0.29) is 37.5 Å². The number of esters is 3. The summed E-state index contributed by atoms with van der Waals surface area (Å²) in [5, 5.41) is 0. The van der Waals surface area contributed by atoms with Crippen molar-refractivity contribution in [3.8, 4) is 0 Å². The van der Waals surface area contributed by atoms with Gasteiger partial charge in [-0.15, -0.1) is 0 Å². The van der Waals surface area contributed by atoms with Crippen LogP contribution >= 0.6 is 0 Å². The maximum absolute atomic E-state index is 12.7. The highest BCUT2D eigenvalue weighted by molar-refractivity contribution is 5.71. The monoisotopic (exact) mass is 807 g/mol. The zero-order valence-corrected chi connectivity index (χ0v) is 37.5. The molecule has 6 nitrogen and oxygen atoms in total. The van der Waals surface area contributed by atoms with E-state index in [2.05, 4.69) is 51.2 Å². The molecule has 0 radical (unpaired) electrons. The second kappa shape index (κ2) is 46.3. The molecule has 0 aliphatic heterocycles. The van der Waals surface area contributed by atoms with Crippen molar-refractivity contribution < 1.29 is 28.6 Å². The first kappa shape index (κ1) is 54.6. The van der Waals surface area contributed by atoms with Crippen LogP contribution in [0.25, 0.3) is 0 Å². The molecule has 0 aromatic heterocycles. The molecule has 330 valence electrons. The first-order valence-electron chi connectivity index (χ1n) is 23.7. The molecule has 0 fully saturated rings.